The largest absolute Gasteiger partial charge is 0.508 e. The van der Waals surface area contributed by atoms with Crippen LogP contribution in [0.5, 0.6) is 11.5 Å². The van der Waals surface area contributed by atoms with E-state index in [0.29, 0.717) is 32.8 Å². The number of benzene rings is 2. The van der Waals surface area contributed by atoms with E-state index in [1.807, 2.05) is 0 Å². The van der Waals surface area contributed by atoms with E-state index in [1.165, 1.54) is 37.4 Å². The molecule has 0 bridgehead atoms. The lowest BCUT2D eigenvalue weighted by atomic mass is 9.49. The average Bonchev–Trinajstić information content (AvgIpc) is 3.46. The fourth-order valence-corrected chi connectivity index (χ4v) is 8.65. The minimum Gasteiger partial charge on any atom is -0.508 e. The number of fused-ring (bicyclic) bond motifs is 4. The normalized spacial score (nSPS) is 27.2. The third kappa shape index (κ3) is 4.96. The van der Waals surface area contributed by atoms with Crippen LogP contribution in [0.15, 0.2) is 66.4 Å². The number of methoxy groups -OCH3 is 1. The molecule has 51 heavy (non-hydrogen) atoms. The number of rotatable bonds is 5. The lowest BCUT2D eigenvalue weighted by Crippen LogP contribution is -2.53. The Balaban J connectivity index is 1.47. The predicted molar refractivity (Wildman–Crippen MR) is 173 cm³/mol. The molecule has 4 N–H and O–H groups in total. The number of halogens is 5. The molecule has 0 radical (unpaired) electrons. The van der Waals surface area contributed by atoms with Crippen molar-refractivity contribution in [2.24, 2.45) is 29.4 Å². The van der Waals surface area contributed by atoms with E-state index in [1.54, 1.807) is 18.2 Å². The van der Waals surface area contributed by atoms with Crippen LogP contribution < -0.4 is 15.9 Å². The molecule has 3 aromatic rings. The lowest BCUT2D eigenvalue weighted by molar-refractivity contribution is -0.140. The number of alkyl halides is 3. The predicted octanol–water partition coefficient (Wildman–Crippen LogP) is 5.19. The summed E-state index contributed by atoms with van der Waals surface area (Å²) in [6.07, 6.45) is -2.85. The average molecular weight is 745 g/mol. The van der Waals surface area contributed by atoms with Crippen molar-refractivity contribution in [2.45, 2.75) is 30.4 Å². The number of primary amides is 1. The minimum atomic E-state index is -4.78. The monoisotopic (exact) mass is 743 g/mol. The molecule has 1 aromatic heterocycles. The number of phenolic OH excluding ortho intramolecular Hbond substituents is 1. The van der Waals surface area contributed by atoms with Gasteiger partial charge in [-0.15, -0.1) is 0 Å². The Bertz CT molecular complexity index is 2080. The van der Waals surface area contributed by atoms with Gasteiger partial charge in [-0.1, -0.05) is 53.1 Å². The number of hydrogen-bond donors (Lipinski definition) is 3. The third-order valence-corrected chi connectivity index (χ3v) is 10.9. The van der Waals surface area contributed by atoms with Gasteiger partial charge in [-0.3, -0.25) is 24.6 Å². The van der Waals surface area contributed by atoms with Gasteiger partial charge in [-0.05, 0) is 54.7 Å². The number of pyridine rings is 1. The molecule has 6 amide bonds. The number of anilines is 1. The number of likely N-dealkylation sites (tertiary alicyclic amines) is 1. The maximum Gasteiger partial charge on any atom is 0.417 e. The molecule has 17 heteroatoms. The SMILES string of the molecule is COc1cccc(O)c1C1C2=CCC3C(=O)N(C(N)=O)C(=O)C3C2CC2C(=O)N(Nc3ncc(C(F)(F)F)cc3Cl)C(=O)C21c1ccc(Cl)cc1. The summed E-state index contributed by atoms with van der Waals surface area (Å²) >= 11 is 12.4. The van der Waals surface area contributed by atoms with Gasteiger partial charge in [-0.25, -0.2) is 9.78 Å². The highest BCUT2D eigenvalue weighted by atomic mass is 35.5. The molecule has 2 aliphatic heterocycles. The van der Waals surface area contributed by atoms with Crippen LogP contribution in [0.1, 0.15) is 35.4 Å². The number of allylic oxidation sites excluding steroid dienone is 2. The number of aromatic nitrogens is 1. The second kappa shape index (κ2) is 12.0. The molecule has 3 fully saturated rings. The molecule has 264 valence electrons. The zero-order valence-electron chi connectivity index (χ0n) is 26.3. The number of aromatic hydroxyl groups is 1. The first-order valence-corrected chi connectivity index (χ1v) is 16.2. The molecule has 1 saturated carbocycles. The minimum absolute atomic E-state index is 0.0339. The number of nitrogens with zero attached hydrogens (tertiary/aromatic N) is 3. The van der Waals surface area contributed by atoms with E-state index < -0.39 is 87.2 Å². The molecule has 2 aromatic carbocycles. The second-order valence-electron chi connectivity index (χ2n) is 12.7. The summed E-state index contributed by atoms with van der Waals surface area (Å²) < 4.78 is 45.9. The van der Waals surface area contributed by atoms with E-state index in [0.717, 1.165) is 0 Å². The van der Waals surface area contributed by atoms with Gasteiger partial charge in [0.15, 0.2) is 5.82 Å². The van der Waals surface area contributed by atoms with Gasteiger partial charge in [-0.2, -0.15) is 23.1 Å². The maximum absolute atomic E-state index is 15.2. The van der Waals surface area contributed by atoms with Crippen LogP contribution >= 0.6 is 23.2 Å². The van der Waals surface area contributed by atoms with Gasteiger partial charge in [0, 0.05) is 22.7 Å². The Hall–Kier alpha value is -5.15. The molecule has 6 atom stereocenters. The summed E-state index contributed by atoms with van der Waals surface area (Å²) in [6.45, 7) is 0. The topological polar surface area (TPSA) is 172 Å². The first kappa shape index (κ1) is 34.3. The zero-order valence-corrected chi connectivity index (χ0v) is 27.8. The number of hydrogen-bond acceptors (Lipinski definition) is 9. The number of phenols is 1. The molecular weight excluding hydrogens is 718 g/mol. The Morgan fingerprint density at radius 1 is 1.06 bits per heavy atom. The Kier molecular flexibility index (Phi) is 8.06. The fourth-order valence-electron chi connectivity index (χ4n) is 8.31. The zero-order chi connectivity index (χ0) is 36.7. The van der Waals surface area contributed by atoms with Gasteiger partial charge >= 0.3 is 12.2 Å². The van der Waals surface area contributed by atoms with Crippen LogP contribution in [0.2, 0.25) is 10.0 Å². The van der Waals surface area contributed by atoms with E-state index >= 15 is 4.79 Å². The van der Waals surface area contributed by atoms with Crippen LogP contribution in [0, 0.1) is 23.7 Å². The summed E-state index contributed by atoms with van der Waals surface area (Å²) in [4.78, 5) is 73.2. The Morgan fingerprint density at radius 2 is 1.76 bits per heavy atom. The number of ether oxygens (including phenoxy) is 1. The fraction of sp³-hybridized carbons (Fsp3) is 0.294. The highest BCUT2D eigenvalue weighted by Crippen LogP contribution is 2.66. The van der Waals surface area contributed by atoms with E-state index in [2.05, 4.69) is 10.4 Å². The van der Waals surface area contributed by atoms with Crippen molar-refractivity contribution >= 4 is 58.7 Å². The van der Waals surface area contributed by atoms with Crippen molar-refractivity contribution in [1.82, 2.24) is 14.9 Å². The number of carbonyl (C=O) groups excluding carboxylic acids is 5. The standard InChI is InChI=1S/C34H26Cl2F3N5O7/c1-51-23-4-2-3-22(45)25(23)26-17-9-10-18-24(30(48)43(28(18)46)32(40)50)19(17)12-20-29(47)44(31(49)33(20,26)14-5-7-16(35)8-6-14)42-27-21(36)11-15(13-41-27)34(37,38)39/h2-9,11,13,18-20,24,26,45H,10,12H2,1H3,(H2,40,50)(H,41,42). The van der Waals surface area contributed by atoms with E-state index in [9.17, 15) is 37.5 Å². The number of carbonyl (C=O) groups is 5. The summed E-state index contributed by atoms with van der Waals surface area (Å²) in [5.74, 6) is -9.68. The van der Waals surface area contributed by atoms with Crippen molar-refractivity contribution in [1.29, 1.82) is 0 Å². The molecular formula is C34H26Cl2F3N5O7. The van der Waals surface area contributed by atoms with Crippen LogP contribution in [-0.4, -0.2) is 56.8 Å². The smallest absolute Gasteiger partial charge is 0.417 e. The molecule has 3 heterocycles. The number of amides is 6. The van der Waals surface area contributed by atoms with Crippen molar-refractivity contribution in [3.8, 4) is 11.5 Å². The van der Waals surface area contributed by atoms with E-state index in [4.69, 9.17) is 33.7 Å². The number of hydrazine groups is 1. The number of urea groups is 1. The maximum atomic E-state index is 15.2. The quantitative estimate of drug-likeness (QED) is 0.235. The third-order valence-electron chi connectivity index (χ3n) is 10.3. The van der Waals surface area contributed by atoms with Gasteiger partial charge in [0.25, 0.3) is 11.8 Å². The lowest BCUT2D eigenvalue weighted by Gasteiger charge is -2.50. The molecule has 6 unspecified atom stereocenters. The van der Waals surface area contributed by atoms with Crippen LogP contribution in [0.3, 0.4) is 0 Å². The van der Waals surface area contributed by atoms with Crippen LogP contribution in [0.4, 0.5) is 23.8 Å². The molecule has 2 saturated heterocycles. The highest BCUT2D eigenvalue weighted by molar-refractivity contribution is 6.33. The Morgan fingerprint density at radius 3 is 2.39 bits per heavy atom. The van der Waals surface area contributed by atoms with Gasteiger partial charge in [0.1, 0.15) is 11.5 Å². The van der Waals surface area contributed by atoms with Gasteiger partial charge in [0.05, 0.1) is 40.9 Å². The molecule has 0 spiro atoms. The summed E-state index contributed by atoms with van der Waals surface area (Å²) in [6, 6.07) is 9.83. The summed E-state index contributed by atoms with van der Waals surface area (Å²) in [5.41, 5.74) is 5.65. The van der Waals surface area contributed by atoms with Crippen molar-refractivity contribution in [3.63, 3.8) is 0 Å². The van der Waals surface area contributed by atoms with Crippen molar-refractivity contribution in [2.75, 3.05) is 12.5 Å². The summed E-state index contributed by atoms with van der Waals surface area (Å²) in [7, 11) is 1.34. The Labute approximate surface area is 296 Å². The molecule has 12 nitrogen and oxygen atoms in total. The highest BCUT2D eigenvalue weighted by Gasteiger charge is 2.71. The van der Waals surface area contributed by atoms with Crippen molar-refractivity contribution < 1.29 is 47.0 Å². The first-order valence-electron chi connectivity index (χ1n) is 15.5. The molecule has 2 aliphatic carbocycles. The number of imide groups is 4. The summed E-state index contributed by atoms with van der Waals surface area (Å²) in [5, 5.41) is 11.9. The first-order chi connectivity index (χ1) is 24.1. The van der Waals surface area contributed by atoms with Gasteiger partial charge < -0.3 is 15.6 Å². The number of nitrogens with two attached hydrogens (primary N) is 1. The van der Waals surface area contributed by atoms with E-state index in [-0.39, 0.29) is 35.5 Å². The van der Waals surface area contributed by atoms with Crippen LogP contribution in [0.25, 0.3) is 0 Å². The second-order valence-corrected chi connectivity index (χ2v) is 13.5. The molecule has 4 aliphatic rings. The van der Waals surface area contributed by atoms with Crippen molar-refractivity contribution in [3.05, 3.63) is 93.1 Å². The molecule has 7 rings (SSSR count). The van der Waals surface area contributed by atoms with Crippen LogP contribution in [-0.2, 0) is 30.8 Å². The number of nitrogens with one attached hydrogen (secondary N) is 1. The van der Waals surface area contributed by atoms with Gasteiger partial charge in [0.2, 0.25) is 11.8 Å².